The molecule has 0 aliphatic carbocycles. The summed E-state index contributed by atoms with van der Waals surface area (Å²) in [4.78, 5) is 31.8. The van der Waals surface area contributed by atoms with Crippen LogP contribution in [0.4, 0.5) is 5.69 Å². The first-order valence-corrected chi connectivity index (χ1v) is 7.80. The van der Waals surface area contributed by atoms with E-state index in [0.717, 1.165) is 10.6 Å². The van der Waals surface area contributed by atoms with E-state index in [1.165, 1.54) is 18.3 Å². The molecule has 0 aliphatic rings. The van der Waals surface area contributed by atoms with Crippen LogP contribution in [0.1, 0.15) is 27.8 Å². The Bertz CT molecular complexity index is 842. The normalized spacial score (nSPS) is 10.3. The Morgan fingerprint density at radius 3 is 2.39 bits per heavy atom. The minimum Gasteiger partial charge on any atom is -0.321 e. The van der Waals surface area contributed by atoms with E-state index >= 15 is 0 Å². The number of amides is 1. The van der Waals surface area contributed by atoms with Gasteiger partial charge in [0.15, 0.2) is 5.78 Å². The van der Waals surface area contributed by atoms with Crippen molar-refractivity contribution in [3.8, 4) is 10.6 Å². The van der Waals surface area contributed by atoms with Crippen molar-refractivity contribution in [1.82, 2.24) is 9.97 Å². The third-order valence-corrected chi connectivity index (χ3v) is 4.10. The first kappa shape index (κ1) is 15.1. The number of carbonyl (C=O) groups is 2. The summed E-state index contributed by atoms with van der Waals surface area (Å²) in [5, 5.41) is 5.26. The molecule has 1 amide bonds. The van der Waals surface area contributed by atoms with Gasteiger partial charge in [-0.2, -0.15) is 0 Å². The van der Waals surface area contributed by atoms with Crippen molar-refractivity contribution in [2.75, 3.05) is 5.32 Å². The number of nitrogens with one attached hydrogen (secondary N) is 1. The van der Waals surface area contributed by atoms with Crippen molar-refractivity contribution in [2.24, 2.45) is 0 Å². The maximum absolute atomic E-state index is 12.2. The van der Waals surface area contributed by atoms with Gasteiger partial charge in [-0.05, 0) is 43.3 Å². The first-order valence-electron chi connectivity index (χ1n) is 6.92. The molecule has 0 bridgehead atoms. The Morgan fingerprint density at radius 1 is 1.04 bits per heavy atom. The fraction of sp³-hybridized carbons (Fsp3) is 0.0588. The van der Waals surface area contributed by atoms with Gasteiger partial charge in [0.25, 0.3) is 5.91 Å². The van der Waals surface area contributed by atoms with Crippen LogP contribution in [0.3, 0.4) is 0 Å². The molecule has 0 spiro atoms. The number of Topliss-reactive ketones (excluding diaryl/α,β-unsaturated/α-hetero) is 1. The van der Waals surface area contributed by atoms with Crippen LogP contribution in [0.2, 0.25) is 0 Å². The van der Waals surface area contributed by atoms with Gasteiger partial charge < -0.3 is 5.32 Å². The molecular formula is C17H13N3O2S. The van der Waals surface area contributed by atoms with Gasteiger partial charge in [0.1, 0.15) is 10.7 Å². The summed E-state index contributed by atoms with van der Waals surface area (Å²) in [6, 6.07) is 10.5. The molecular weight excluding hydrogens is 310 g/mol. The number of thiazole rings is 1. The zero-order valence-corrected chi connectivity index (χ0v) is 13.1. The quantitative estimate of drug-likeness (QED) is 0.744. The molecule has 6 heteroatoms. The van der Waals surface area contributed by atoms with Crippen molar-refractivity contribution in [3.63, 3.8) is 0 Å². The Kier molecular flexibility index (Phi) is 4.25. The van der Waals surface area contributed by atoms with Gasteiger partial charge in [0, 0.05) is 34.6 Å². The summed E-state index contributed by atoms with van der Waals surface area (Å²) in [5.74, 6) is -0.290. The van der Waals surface area contributed by atoms with Crippen LogP contribution in [0, 0.1) is 0 Å². The van der Waals surface area contributed by atoms with Gasteiger partial charge in [-0.25, -0.2) is 4.98 Å². The number of hydrogen-bond acceptors (Lipinski definition) is 5. The molecule has 0 atom stereocenters. The van der Waals surface area contributed by atoms with E-state index in [9.17, 15) is 9.59 Å². The van der Waals surface area contributed by atoms with E-state index in [4.69, 9.17) is 0 Å². The van der Waals surface area contributed by atoms with Crippen LogP contribution < -0.4 is 5.32 Å². The smallest absolute Gasteiger partial charge is 0.275 e. The Hall–Kier alpha value is -2.86. The maximum atomic E-state index is 12.2. The Labute approximate surface area is 137 Å². The number of benzene rings is 1. The van der Waals surface area contributed by atoms with Gasteiger partial charge in [-0.15, -0.1) is 11.3 Å². The van der Waals surface area contributed by atoms with Gasteiger partial charge in [-0.1, -0.05) is 0 Å². The molecule has 23 heavy (non-hydrogen) atoms. The number of aromatic nitrogens is 2. The van der Waals surface area contributed by atoms with E-state index in [1.807, 2.05) is 12.1 Å². The molecule has 2 heterocycles. The highest BCUT2D eigenvalue weighted by Gasteiger charge is 2.12. The number of nitrogens with zero attached hydrogens (tertiary/aromatic N) is 2. The lowest BCUT2D eigenvalue weighted by Crippen LogP contribution is -2.12. The minimum atomic E-state index is -0.280. The second kappa shape index (κ2) is 6.50. The summed E-state index contributed by atoms with van der Waals surface area (Å²) < 4.78 is 0. The van der Waals surface area contributed by atoms with Gasteiger partial charge in [0.05, 0.1) is 0 Å². The molecule has 1 aromatic carbocycles. The minimum absolute atomic E-state index is 0.00984. The topological polar surface area (TPSA) is 72.0 Å². The first-order chi connectivity index (χ1) is 11.1. The largest absolute Gasteiger partial charge is 0.321 e. The summed E-state index contributed by atoms with van der Waals surface area (Å²) in [6.07, 6.45) is 3.38. The van der Waals surface area contributed by atoms with Crippen molar-refractivity contribution in [2.45, 2.75) is 6.92 Å². The molecule has 1 N–H and O–H groups in total. The Balaban J connectivity index is 1.74. The monoisotopic (exact) mass is 323 g/mol. The molecule has 0 saturated carbocycles. The highest BCUT2D eigenvalue weighted by atomic mass is 32.1. The van der Waals surface area contributed by atoms with Gasteiger partial charge in [-0.3, -0.25) is 14.6 Å². The van der Waals surface area contributed by atoms with Crippen LogP contribution in [0.25, 0.3) is 10.6 Å². The predicted octanol–water partition coefficient (Wildman–Crippen LogP) is 3.66. The standard InChI is InChI=1S/C17H13N3O2S/c1-11(21)12-2-4-14(5-3-12)19-16(22)15-10-23-17(20-15)13-6-8-18-9-7-13/h2-10H,1H3,(H,19,22). The van der Waals surface area contributed by atoms with E-state index in [0.29, 0.717) is 16.9 Å². The number of hydrogen-bond donors (Lipinski definition) is 1. The van der Waals surface area contributed by atoms with Crippen LogP contribution >= 0.6 is 11.3 Å². The van der Waals surface area contributed by atoms with Gasteiger partial charge >= 0.3 is 0 Å². The lowest BCUT2D eigenvalue weighted by molar-refractivity contribution is 0.101. The average molecular weight is 323 g/mol. The maximum Gasteiger partial charge on any atom is 0.275 e. The van der Waals surface area contributed by atoms with Crippen LogP contribution in [-0.2, 0) is 0 Å². The summed E-state index contributed by atoms with van der Waals surface area (Å²) in [7, 11) is 0. The Morgan fingerprint density at radius 2 is 1.74 bits per heavy atom. The fourth-order valence-electron chi connectivity index (χ4n) is 1.99. The lowest BCUT2D eigenvalue weighted by atomic mass is 10.1. The SMILES string of the molecule is CC(=O)c1ccc(NC(=O)c2csc(-c3ccncc3)n2)cc1. The summed E-state index contributed by atoms with van der Waals surface area (Å²) in [6.45, 7) is 1.50. The van der Waals surface area contributed by atoms with Gasteiger partial charge in [0.2, 0.25) is 0 Å². The second-order valence-electron chi connectivity index (χ2n) is 4.86. The highest BCUT2D eigenvalue weighted by molar-refractivity contribution is 7.13. The molecule has 3 aromatic rings. The van der Waals surface area contributed by atoms with Crippen LogP contribution in [0.15, 0.2) is 54.2 Å². The molecule has 0 unspecified atom stereocenters. The van der Waals surface area contributed by atoms with E-state index < -0.39 is 0 Å². The lowest BCUT2D eigenvalue weighted by Gasteiger charge is -2.03. The number of rotatable bonds is 4. The molecule has 2 aromatic heterocycles. The van der Waals surface area contributed by atoms with Crippen molar-refractivity contribution in [3.05, 3.63) is 65.4 Å². The van der Waals surface area contributed by atoms with E-state index in [2.05, 4.69) is 15.3 Å². The predicted molar refractivity (Wildman–Crippen MR) is 89.7 cm³/mol. The number of pyridine rings is 1. The number of anilines is 1. The van der Waals surface area contributed by atoms with E-state index in [-0.39, 0.29) is 11.7 Å². The third kappa shape index (κ3) is 3.49. The molecule has 3 rings (SSSR count). The molecule has 0 saturated heterocycles. The second-order valence-corrected chi connectivity index (χ2v) is 5.72. The summed E-state index contributed by atoms with van der Waals surface area (Å²) in [5.41, 5.74) is 2.52. The van der Waals surface area contributed by atoms with Crippen LogP contribution in [0.5, 0.6) is 0 Å². The number of ketones is 1. The van der Waals surface area contributed by atoms with Crippen molar-refractivity contribution >= 4 is 28.7 Å². The highest BCUT2D eigenvalue weighted by Crippen LogP contribution is 2.23. The average Bonchev–Trinajstić information content (AvgIpc) is 3.06. The third-order valence-electron chi connectivity index (χ3n) is 3.21. The fourth-order valence-corrected chi connectivity index (χ4v) is 2.79. The zero-order valence-electron chi connectivity index (χ0n) is 12.3. The summed E-state index contributed by atoms with van der Waals surface area (Å²) >= 11 is 1.40. The number of carbonyl (C=O) groups excluding carboxylic acids is 2. The molecule has 0 fully saturated rings. The molecule has 5 nitrogen and oxygen atoms in total. The van der Waals surface area contributed by atoms with Crippen LogP contribution in [-0.4, -0.2) is 21.7 Å². The molecule has 114 valence electrons. The van der Waals surface area contributed by atoms with E-state index in [1.54, 1.807) is 42.0 Å². The zero-order chi connectivity index (χ0) is 16.2. The van der Waals surface area contributed by atoms with Crippen molar-refractivity contribution < 1.29 is 9.59 Å². The molecule has 0 radical (unpaired) electrons. The molecule has 0 aliphatic heterocycles. The van der Waals surface area contributed by atoms with Crippen molar-refractivity contribution in [1.29, 1.82) is 0 Å².